The van der Waals surface area contributed by atoms with Gasteiger partial charge in [0.1, 0.15) is 54.9 Å². The molecule has 7 unspecified atom stereocenters. The molecule has 0 saturated carbocycles. The lowest BCUT2D eigenvalue weighted by Crippen LogP contribution is -2.67. The first-order chi connectivity index (χ1) is 19.5. The number of nitrogens with two attached hydrogens (primary N) is 1. The highest BCUT2D eigenvalue weighted by Crippen LogP contribution is 2.35. The summed E-state index contributed by atoms with van der Waals surface area (Å²) in [4.78, 5) is 12.0. The van der Waals surface area contributed by atoms with Crippen LogP contribution in [0, 0.1) is 0 Å². The number of aliphatic hydroxyl groups is 8. The highest BCUT2D eigenvalue weighted by molar-refractivity contribution is 7.17. The molecule has 1 amide bonds. The van der Waals surface area contributed by atoms with Gasteiger partial charge in [-0.25, -0.2) is 0 Å². The van der Waals surface area contributed by atoms with Gasteiger partial charge in [0, 0.05) is 12.6 Å². The maximum absolute atomic E-state index is 12.0. The Bertz CT molecular complexity index is 816. The van der Waals surface area contributed by atoms with Crippen molar-refractivity contribution in [1.29, 1.82) is 0 Å². The number of carbonyl (C=O) groups is 1. The molecular weight excluding hydrogens is 571 g/mol. The Kier molecular flexibility index (Phi) is 13.5. The van der Waals surface area contributed by atoms with Crippen LogP contribution >= 0.6 is 9.24 Å². The van der Waals surface area contributed by atoms with Crippen LogP contribution in [0.4, 0.5) is 0 Å². The van der Waals surface area contributed by atoms with Crippen LogP contribution in [-0.2, 0) is 28.5 Å². The van der Waals surface area contributed by atoms with Crippen molar-refractivity contribution in [2.75, 3.05) is 26.4 Å². The van der Waals surface area contributed by atoms with E-state index in [4.69, 9.17) is 29.4 Å². The van der Waals surface area contributed by atoms with Crippen molar-refractivity contribution in [2.24, 2.45) is 5.73 Å². The third-order valence-corrected chi connectivity index (χ3v) is 8.45. The van der Waals surface area contributed by atoms with E-state index < -0.39 is 111 Å². The molecule has 0 aromatic rings. The fourth-order valence-corrected chi connectivity index (χ4v) is 6.07. The molecule has 3 saturated heterocycles. The minimum Gasteiger partial charge on any atom is -0.394 e. The average Bonchev–Trinajstić information content (AvgIpc) is 2.95. The lowest BCUT2D eigenvalue weighted by atomic mass is 9.91. The summed E-state index contributed by atoms with van der Waals surface area (Å²) < 4.78 is 28.7. The van der Waals surface area contributed by atoms with Crippen LogP contribution in [0.15, 0.2) is 0 Å². The van der Waals surface area contributed by atoms with E-state index in [1.54, 1.807) is 0 Å². The number of hydrogen-bond acceptors (Lipinski definition) is 15. The normalized spacial score (nSPS) is 45.4. The fourth-order valence-electron chi connectivity index (χ4n) is 5.39. The summed E-state index contributed by atoms with van der Waals surface area (Å²) in [6.07, 6.45) is -16.6. The van der Waals surface area contributed by atoms with E-state index in [9.17, 15) is 45.6 Å². The van der Waals surface area contributed by atoms with Crippen molar-refractivity contribution in [3.8, 4) is 0 Å². The molecule has 240 valence electrons. The maximum Gasteiger partial charge on any atom is 0.217 e. The van der Waals surface area contributed by atoms with Gasteiger partial charge in [-0.3, -0.25) is 4.79 Å². The molecule has 16 atom stereocenters. The molecule has 17 heteroatoms. The number of amides is 1. The highest BCUT2D eigenvalue weighted by Gasteiger charge is 2.53. The number of ether oxygens (including phenoxy) is 5. The topological polar surface area (TPSA) is 263 Å². The zero-order valence-corrected chi connectivity index (χ0v) is 23.9. The van der Waals surface area contributed by atoms with Crippen molar-refractivity contribution in [2.45, 2.75) is 118 Å². The van der Waals surface area contributed by atoms with Crippen LogP contribution in [0.3, 0.4) is 0 Å². The van der Waals surface area contributed by atoms with Crippen LogP contribution in [0.1, 0.15) is 26.2 Å². The Morgan fingerprint density at radius 2 is 1.32 bits per heavy atom. The quantitative estimate of drug-likeness (QED) is 0.0725. The van der Waals surface area contributed by atoms with E-state index in [0.717, 1.165) is 12.8 Å². The van der Waals surface area contributed by atoms with E-state index in [2.05, 4.69) is 14.6 Å². The van der Waals surface area contributed by atoms with Gasteiger partial charge in [-0.2, -0.15) is 0 Å². The van der Waals surface area contributed by atoms with Gasteiger partial charge in [-0.15, -0.1) is 9.24 Å². The molecule has 0 aliphatic carbocycles. The molecule has 0 aromatic heterocycles. The predicted octanol–water partition coefficient (Wildman–Crippen LogP) is -5.37. The number of unbranched alkanes of at least 4 members (excludes halogenated alkanes) is 1. The zero-order chi connectivity index (χ0) is 30.4. The largest absolute Gasteiger partial charge is 0.394 e. The van der Waals surface area contributed by atoms with E-state index in [0.29, 0.717) is 13.0 Å². The number of carbonyl (C=O) groups excluding carboxylic acids is 1. The first-order valence-electron chi connectivity index (χ1n) is 13.7. The van der Waals surface area contributed by atoms with E-state index in [1.165, 1.54) is 6.92 Å². The van der Waals surface area contributed by atoms with Crippen LogP contribution in [0.5, 0.6) is 0 Å². The molecule has 0 aromatic carbocycles. The van der Waals surface area contributed by atoms with Crippen molar-refractivity contribution < 1.29 is 69.3 Å². The molecule has 0 radical (unpaired) electrons. The van der Waals surface area contributed by atoms with Gasteiger partial charge in [0.2, 0.25) is 5.91 Å². The van der Waals surface area contributed by atoms with Crippen LogP contribution in [0.2, 0.25) is 0 Å². The first kappa shape index (κ1) is 34.8. The Balaban J connectivity index is 1.80. The van der Waals surface area contributed by atoms with Gasteiger partial charge < -0.3 is 75.6 Å². The molecule has 3 aliphatic heterocycles. The lowest BCUT2D eigenvalue weighted by Gasteiger charge is -2.49. The van der Waals surface area contributed by atoms with Gasteiger partial charge in [-0.1, -0.05) is 0 Å². The molecule has 3 aliphatic rings. The molecule has 0 bridgehead atoms. The Hall–Kier alpha value is -0.660. The Morgan fingerprint density at radius 1 is 0.756 bits per heavy atom. The first-order valence-corrected chi connectivity index (χ1v) is 14.4. The van der Waals surface area contributed by atoms with Gasteiger partial charge in [0.05, 0.1) is 38.1 Å². The SMILES string of the molecule is CC(=O)NC1[C@H](CCCCN)OC(CO)[C@@H](O[C@@H]2OC(CO)[C@H](O)[C@H](O[C@H]3OC(CO)[C@H](O)[C@H](O)C3O)C2O)[C@@H]1P. The standard InChI is InChI=1S/C24H45N2O14P/c1-9(30)26-14-10(4-2-3-5-25)36-13(8-29)20(22(14)41)39-24-19(35)21(16(32)12(7-28)38-24)40-23-18(34)17(33)15(31)11(6-27)37-23/h10-24,27-29,31-35H,2-8,25,41H2,1H3,(H,26,30)/t10-,11?,12?,13?,14?,15-,16-,17-,18?,19?,20+,21-,22+,23+,24-/m0/s1. The molecule has 3 fully saturated rings. The summed E-state index contributed by atoms with van der Waals surface area (Å²) in [5.74, 6) is -0.318. The van der Waals surface area contributed by atoms with Crippen molar-refractivity contribution in [1.82, 2.24) is 5.32 Å². The number of hydrogen-bond donors (Lipinski definition) is 10. The molecule has 3 heterocycles. The van der Waals surface area contributed by atoms with E-state index in [1.807, 2.05) is 0 Å². The zero-order valence-electron chi connectivity index (χ0n) is 22.8. The number of nitrogens with one attached hydrogen (secondary N) is 1. The second-order valence-corrected chi connectivity index (χ2v) is 11.4. The summed E-state index contributed by atoms with van der Waals surface area (Å²) in [5.41, 5.74) is 5.05. The molecule has 11 N–H and O–H groups in total. The highest BCUT2D eigenvalue weighted by atomic mass is 31.0. The van der Waals surface area contributed by atoms with E-state index in [-0.39, 0.29) is 5.91 Å². The predicted molar refractivity (Wildman–Crippen MR) is 141 cm³/mol. The smallest absolute Gasteiger partial charge is 0.217 e. The van der Waals surface area contributed by atoms with Gasteiger partial charge in [-0.05, 0) is 25.8 Å². The van der Waals surface area contributed by atoms with Crippen LogP contribution < -0.4 is 11.1 Å². The third kappa shape index (κ3) is 8.09. The fraction of sp³-hybridized carbons (Fsp3) is 0.958. The number of rotatable bonds is 12. The summed E-state index contributed by atoms with van der Waals surface area (Å²) in [6.45, 7) is -0.0931. The van der Waals surface area contributed by atoms with Gasteiger partial charge in [0.25, 0.3) is 0 Å². The average molecular weight is 617 g/mol. The third-order valence-electron chi connectivity index (χ3n) is 7.66. The second kappa shape index (κ2) is 15.9. The number of aliphatic hydroxyl groups excluding tert-OH is 8. The summed E-state index contributed by atoms with van der Waals surface area (Å²) in [7, 11) is 2.57. The van der Waals surface area contributed by atoms with E-state index >= 15 is 0 Å². The minimum absolute atomic E-state index is 0.318. The second-order valence-electron chi connectivity index (χ2n) is 10.6. The van der Waals surface area contributed by atoms with Crippen LogP contribution in [-0.4, -0.2) is 165 Å². The molecule has 0 spiro atoms. The monoisotopic (exact) mass is 616 g/mol. The lowest BCUT2D eigenvalue weighted by molar-refractivity contribution is -0.367. The molecular formula is C24H45N2O14P. The van der Waals surface area contributed by atoms with Crippen molar-refractivity contribution in [3.63, 3.8) is 0 Å². The maximum atomic E-state index is 12.0. The Morgan fingerprint density at radius 3 is 1.88 bits per heavy atom. The summed E-state index contributed by atoms with van der Waals surface area (Å²) in [5, 5.41) is 84.7. The van der Waals surface area contributed by atoms with Crippen molar-refractivity contribution in [3.05, 3.63) is 0 Å². The van der Waals surface area contributed by atoms with Crippen LogP contribution in [0.25, 0.3) is 0 Å². The van der Waals surface area contributed by atoms with Crippen molar-refractivity contribution >= 4 is 15.1 Å². The van der Waals surface area contributed by atoms with Gasteiger partial charge in [0.15, 0.2) is 12.6 Å². The molecule has 3 rings (SSSR count). The summed E-state index contributed by atoms with van der Waals surface area (Å²) >= 11 is 0. The minimum atomic E-state index is -1.82. The van der Waals surface area contributed by atoms with Gasteiger partial charge >= 0.3 is 0 Å². The Labute approximate surface area is 239 Å². The molecule has 41 heavy (non-hydrogen) atoms. The molecule has 16 nitrogen and oxygen atoms in total. The summed E-state index contributed by atoms with van der Waals surface area (Å²) in [6, 6.07) is -0.566.